The van der Waals surface area contributed by atoms with Crippen LogP contribution in [0.5, 0.6) is 11.5 Å². The summed E-state index contributed by atoms with van der Waals surface area (Å²) in [6.45, 7) is 0.423. The molecule has 0 fully saturated rings. The Balaban J connectivity index is 2.14. The molecule has 0 saturated carbocycles. The first-order chi connectivity index (χ1) is 8.95. The van der Waals surface area contributed by atoms with E-state index >= 15 is 0 Å². The fourth-order valence-corrected chi connectivity index (χ4v) is 2.82. The van der Waals surface area contributed by atoms with Gasteiger partial charge in [-0.2, -0.15) is 0 Å². The summed E-state index contributed by atoms with van der Waals surface area (Å²) in [5.74, 6) is -0.567. The number of amides is 1. The normalized spacial score (nSPS) is 10.4. The standard InChI is InChI=1S/C13H12ClNO3S/c1-15(7-11-2-3-12(14)19-11)13(18)8-4-9(16)6-10(17)5-8/h2-6,16-17H,7H2,1H3. The topological polar surface area (TPSA) is 60.8 Å². The molecule has 19 heavy (non-hydrogen) atoms. The minimum Gasteiger partial charge on any atom is -0.508 e. The zero-order chi connectivity index (χ0) is 14.0. The fourth-order valence-electron chi connectivity index (χ4n) is 1.68. The smallest absolute Gasteiger partial charge is 0.254 e. The van der Waals surface area contributed by atoms with Crippen molar-refractivity contribution in [2.45, 2.75) is 6.54 Å². The van der Waals surface area contributed by atoms with Crippen LogP contribution in [0.2, 0.25) is 4.34 Å². The van der Waals surface area contributed by atoms with Crippen LogP contribution in [0, 0.1) is 0 Å². The second-order valence-electron chi connectivity index (χ2n) is 4.11. The van der Waals surface area contributed by atoms with Gasteiger partial charge in [0.2, 0.25) is 0 Å². The molecule has 0 radical (unpaired) electrons. The summed E-state index contributed by atoms with van der Waals surface area (Å²) in [4.78, 5) is 14.6. The Morgan fingerprint density at radius 2 is 1.89 bits per heavy atom. The molecule has 0 aliphatic heterocycles. The van der Waals surface area contributed by atoms with E-state index in [1.807, 2.05) is 6.07 Å². The molecule has 6 heteroatoms. The zero-order valence-corrected chi connectivity index (χ0v) is 11.7. The first-order valence-corrected chi connectivity index (χ1v) is 6.68. The van der Waals surface area contributed by atoms with Crippen LogP contribution in [0.4, 0.5) is 0 Å². The molecular formula is C13H12ClNO3S. The van der Waals surface area contributed by atoms with E-state index in [0.717, 1.165) is 4.88 Å². The number of thiophene rings is 1. The van der Waals surface area contributed by atoms with Crippen molar-refractivity contribution in [1.29, 1.82) is 0 Å². The summed E-state index contributed by atoms with van der Waals surface area (Å²) in [6, 6.07) is 7.45. The van der Waals surface area contributed by atoms with Crippen LogP contribution in [0.1, 0.15) is 15.2 Å². The lowest BCUT2D eigenvalue weighted by Crippen LogP contribution is -2.25. The van der Waals surface area contributed by atoms with Crippen molar-refractivity contribution in [2.75, 3.05) is 7.05 Å². The maximum Gasteiger partial charge on any atom is 0.254 e. The molecule has 0 saturated heterocycles. The number of hydrogen-bond acceptors (Lipinski definition) is 4. The van der Waals surface area contributed by atoms with Crippen LogP contribution in [-0.2, 0) is 6.54 Å². The average Bonchev–Trinajstić information content (AvgIpc) is 2.72. The number of carbonyl (C=O) groups is 1. The van der Waals surface area contributed by atoms with E-state index in [1.54, 1.807) is 13.1 Å². The molecule has 2 aromatic rings. The number of nitrogens with zero attached hydrogens (tertiary/aromatic N) is 1. The van der Waals surface area contributed by atoms with Crippen molar-refractivity contribution in [3.05, 3.63) is 45.1 Å². The van der Waals surface area contributed by atoms with Gasteiger partial charge in [-0.3, -0.25) is 4.79 Å². The van der Waals surface area contributed by atoms with Crippen LogP contribution in [0.25, 0.3) is 0 Å². The molecule has 2 N–H and O–H groups in total. The Hall–Kier alpha value is -1.72. The van der Waals surface area contributed by atoms with Gasteiger partial charge in [0.15, 0.2) is 0 Å². The van der Waals surface area contributed by atoms with Gasteiger partial charge in [0, 0.05) is 23.6 Å². The lowest BCUT2D eigenvalue weighted by Gasteiger charge is -2.16. The predicted molar refractivity (Wildman–Crippen MR) is 74.9 cm³/mol. The Labute approximate surface area is 119 Å². The van der Waals surface area contributed by atoms with Gasteiger partial charge in [0.05, 0.1) is 10.9 Å². The number of halogens is 1. The first kappa shape index (κ1) is 13.7. The van der Waals surface area contributed by atoms with Gasteiger partial charge >= 0.3 is 0 Å². The zero-order valence-electron chi connectivity index (χ0n) is 10.1. The quantitative estimate of drug-likeness (QED) is 0.915. The van der Waals surface area contributed by atoms with Gasteiger partial charge in [0.25, 0.3) is 5.91 Å². The van der Waals surface area contributed by atoms with E-state index in [0.29, 0.717) is 10.9 Å². The van der Waals surface area contributed by atoms with Gasteiger partial charge in [-0.1, -0.05) is 11.6 Å². The van der Waals surface area contributed by atoms with E-state index < -0.39 is 0 Å². The van der Waals surface area contributed by atoms with Crippen molar-refractivity contribution in [3.8, 4) is 11.5 Å². The highest BCUT2D eigenvalue weighted by atomic mass is 35.5. The van der Waals surface area contributed by atoms with Crippen molar-refractivity contribution < 1.29 is 15.0 Å². The molecule has 0 aliphatic carbocycles. The third-order valence-electron chi connectivity index (χ3n) is 2.52. The van der Waals surface area contributed by atoms with Crippen molar-refractivity contribution >= 4 is 28.8 Å². The first-order valence-electron chi connectivity index (χ1n) is 5.48. The second-order valence-corrected chi connectivity index (χ2v) is 5.90. The highest BCUT2D eigenvalue weighted by Gasteiger charge is 2.14. The van der Waals surface area contributed by atoms with Crippen LogP contribution < -0.4 is 0 Å². The van der Waals surface area contributed by atoms with Gasteiger partial charge in [-0.05, 0) is 24.3 Å². The van der Waals surface area contributed by atoms with Gasteiger partial charge in [0.1, 0.15) is 11.5 Å². The molecule has 1 amide bonds. The number of carbonyl (C=O) groups excluding carboxylic acids is 1. The SMILES string of the molecule is CN(Cc1ccc(Cl)s1)C(=O)c1cc(O)cc(O)c1. The molecular weight excluding hydrogens is 286 g/mol. The number of hydrogen-bond donors (Lipinski definition) is 2. The van der Waals surface area contributed by atoms with Crippen molar-refractivity contribution in [1.82, 2.24) is 4.90 Å². The van der Waals surface area contributed by atoms with Crippen LogP contribution >= 0.6 is 22.9 Å². The summed E-state index contributed by atoms with van der Waals surface area (Å²) in [7, 11) is 1.65. The van der Waals surface area contributed by atoms with E-state index in [1.165, 1.54) is 34.4 Å². The molecule has 0 atom stereocenters. The minimum atomic E-state index is -0.282. The summed E-state index contributed by atoms with van der Waals surface area (Å²) in [5, 5.41) is 18.7. The number of phenolic OH excluding ortho intramolecular Hbond substituents is 2. The molecule has 100 valence electrons. The molecule has 1 aromatic heterocycles. The van der Waals surface area contributed by atoms with Gasteiger partial charge < -0.3 is 15.1 Å². The van der Waals surface area contributed by atoms with E-state index in [2.05, 4.69) is 0 Å². The molecule has 0 bridgehead atoms. The maximum atomic E-state index is 12.1. The third-order valence-corrected chi connectivity index (χ3v) is 3.73. The van der Waals surface area contributed by atoms with Crippen molar-refractivity contribution in [3.63, 3.8) is 0 Å². The highest BCUT2D eigenvalue weighted by Crippen LogP contribution is 2.24. The number of benzene rings is 1. The largest absolute Gasteiger partial charge is 0.508 e. The Morgan fingerprint density at radius 3 is 2.42 bits per heavy atom. The number of aromatic hydroxyl groups is 2. The van der Waals surface area contributed by atoms with E-state index in [-0.39, 0.29) is 23.0 Å². The Bertz CT molecular complexity index is 591. The minimum absolute atomic E-state index is 0.143. The molecule has 4 nitrogen and oxygen atoms in total. The Kier molecular flexibility index (Phi) is 3.97. The Morgan fingerprint density at radius 1 is 1.26 bits per heavy atom. The third kappa shape index (κ3) is 3.39. The number of phenols is 2. The van der Waals surface area contributed by atoms with Crippen molar-refractivity contribution in [2.24, 2.45) is 0 Å². The van der Waals surface area contributed by atoms with Crippen LogP contribution in [0.15, 0.2) is 30.3 Å². The molecule has 2 rings (SSSR count). The number of rotatable bonds is 3. The summed E-state index contributed by atoms with van der Waals surface area (Å²) >= 11 is 7.24. The second kappa shape index (κ2) is 5.50. The molecule has 1 aromatic carbocycles. The van der Waals surface area contributed by atoms with E-state index in [9.17, 15) is 15.0 Å². The summed E-state index contributed by atoms with van der Waals surface area (Å²) in [5.41, 5.74) is 0.239. The lowest BCUT2D eigenvalue weighted by atomic mass is 10.1. The monoisotopic (exact) mass is 297 g/mol. The van der Waals surface area contributed by atoms with Crippen LogP contribution in [-0.4, -0.2) is 28.1 Å². The summed E-state index contributed by atoms with van der Waals surface area (Å²) < 4.78 is 0.672. The predicted octanol–water partition coefficient (Wildman–Crippen LogP) is 3.08. The van der Waals surface area contributed by atoms with Crippen LogP contribution in [0.3, 0.4) is 0 Å². The molecule has 0 aliphatic rings. The van der Waals surface area contributed by atoms with E-state index in [4.69, 9.17) is 11.6 Å². The average molecular weight is 298 g/mol. The molecule has 0 spiro atoms. The highest BCUT2D eigenvalue weighted by molar-refractivity contribution is 7.16. The summed E-state index contributed by atoms with van der Waals surface area (Å²) in [6.07, 6.45) is 0. The molecule has 0 unspecified atom stereocenters. The van der Waals surface area contributed by atoms with Gasteiger partial charge in [-0.25, -0.2) is 0 Å². The fraction of sp³-hybridized carbons (Fsp3) is 0.154. The lowest BCUT2D eigenvalue weighted by molar-refractivity contribution is 0.0785. The molecule has 1 heterocycles. The van der Waals surface area contributed by atoms with Gasteiger partial charge in [-0.15, -0.1) is 11.3 Å². The maximum absolute atomic E-state index is 12.1.